The van der Waals surface area contributed by atoms with E-state index in [1.54, 1.807) is 24.4 Å². The van der Waals surface area contributed by atoms with Crippen LogP contribution < -0.4 is 5.32 Å². The van der Waals surface area contributed by atoms with Crippen molar-refractivity contribution in [3.8, 4) is 10.6 Å². The minimum atomic E-state index is -0.318. The number of carbonyl (C=O) groups is 1. The third kappa shape index (κ3) is 2.96. The fourth-order valence-electron chi connectivity index (χ4n) is 2.40. The molecule has 6 heteroatoms. The summed E-state index contributed by atoms with van der Waals surface area (Å²) in [6.45, 7) is 4.23. The number of halogens is 1. The molecule has 110 valence electrons. The molecule has 1 atom stereocenters. The zero-order chi connectivity index (χ0) is 14.8. The normalized spacial score (nSPS) is 18.8. The molecule has 1 aliphatic heterocycles. The third-order valence-electron chi connectivity index (χ3n) is 3.48. The van der Waals surface area contributed by atoms with Gasteiger partial charge in [0.1, 0.15) is 15.7 Å². The minimum absolute atomic E-state index is 0.0246. The van der Waals surface area contributed by atoms with Crippen LogP contribution in [0.25, 0.3) is 10.6 Å². The highest BCUT2D eigenvalue weighted by atomic mass is 32.1. The van der Waals surface area contributed by atoms with Crippen molar-refractivity contribution in [1.82, 2.24) is 15.2 Å². The molecular weight excluding hydrogens is 289 g/mol. The number of thiazole rings is 1. The van der Waals surface area contributed by atoms with Crippen LogP contribution in [0.1, 0.15) is 16.6 Å². The van der Waals surface area contributed by atoms with Crippen LogP contribution in [0.4, 0.5) is 4.39 Å². The van der Waals surface area contributed by atoms with Crippen molar-refractivity contribution in [3.05, 3.63) is 41.2 Å². The highest BCUT2D eigenvalue weighted by Gasteiger charge is 2.23. The number of nitrogens with zero attached hydrogens (tertiary/aromatic N) is 2. The van der Waals surface area contributed by atoms with E-state index >= 15 is 0 Å². The van der Waals surface area contributed by atoms with Crippen LogP contribution >= 0.6 is 11.3 Å². The first kappa shape index (κ1) is 14.2. The summed E-state index contributed by atoms with van der Waals surface area (Å²) in [6.07, 6.45) is 1.54. The molecule has 1 aromatic carbocycles. The quantitative estimate of drug-likeness (QED) is 0.926. The van der Waals surface area contributed by atoms with Crippen LogP contribution in [0.5, 0.6) is 0 Å². The fraction of sp³-hybridized carbons (Fsp3) is 0.333. The van der Waals surface area contributed by atoms with Gasteiger partial charge in [-0.2, -0.15) is 0 Å². The zero-order valence-corrected chi connectivity index (χ0v) is 12.5. The minimum Gasteiger partial charge on any atom is -0.335 e. The van der Waals surface area contributed by atoms with E-state index in [1.165, 1.54) is 17.4 Å². The van der Waals surface area contributed by atoms with Gasteiger partial charge in [0, 0.05) is 31.2 Å². The van der Waals surface area contributed by atoms with E-state index in [4.69, 9.17) is 0 Å². The van der Waals surface area contributed by atoms with Gasteiger partial charge in [-0.3, -0.25) is 4.79 Å². The molecule has 1 aliphatic rings. The summed E-state index contributed by atoms with van der Waals surface area (Å²) in [6, 6.07) is 6.77. The van der Waals surface area contributed by atoms with E-state index in [2.05, 4.69) is 17.2 Å². The molecule has 3 rings (SSSR count). The number of carbonyl (C=O) groups excluding carboxylic acids is 1. The largest absolute Gasteiger partial charge is 0.335 e. The first-order chi connectivity index (χ1) is 10.1. The number of hydrogen-bond donors (Lipinski definition) is 1. The van der Waals surface area contributed by atoms with Gasteiger partial charge in [-0.1, -0.05) is 12.1 Å². The standard InChI is InChI=1S/C15H16FN3OS/c1-10-9-19(7-6-17-10)15(20)13-8-18-14(21-13)11-4-2-3-5-12(11)16/h2-5,8,10,17H,6-7,9H2,1H3/t10-/m0/s1. The molecule has 0 bridgehead atoms. The lowest BCUT2D eigenvalue weighted by atomic mass is 10.2. The fourth-order valence-corrected chi connectivity index (χ4v) is 3.32. The van der Waals surface area contributed by atoms with Crippen molar-refractivity contribution >= 4 is 17.2 Å². The molecule has 0 spiro atoms. The molecule has 1 fully saturated rings. The molecule has 1 amide bonds. The van der Waals surface area contributed by atoms with Crippen LogP contribution in [0, 0.1) is 5.82 Å². The average molecular weight is 305 g/mol. The summed E-state index contributed by atoms with van der Waals surface area (Å²) < 4.78 is 13.8. The number of benzene rings is 1. The maximum absolute atomic E-state index is 13.8. The highest BCUT2D eigenvalue weighted by molar-refractivity contribution is 7.16. The highest BCUT2D eigenvalue weighted by Crippen LogP contribution is 2.28. The van der Waals surface area contributed by atoms with Gasteiger partial charge in [0.05, 0.1) is 6.20 Å². The Morgan fingerprint density at radius 2 is 2.29 bits per heavy atom. The van der Waals surface area contributed by atoms with Crippen molar-refractivity contribution in [2.75, 3.05) is 19.6 Å². The summed E-state index contributed by atoms with van der Waals surface area (Å²) in [5, 5.41) is 3.84. The first-order valence-electron chi connectivity index (χ1n) is 6.88. The molecule has 1 aromatic heterocycles. The lowest BCUT2D eigenvalue weighted by Gasteiger charge is -2.31. The van der Waals surface area contributed by atoms with E-state index in [1.807, 2.05) is 4.90 Å². The Morgan fingerprint density at radius 1 is 1.48 bits per heavy atom. The molecule has 2 aromatic rings. The van der Waals surface area contributed by atoms with E-state index in [0.717, 1.165) is 6.54 Å². The monoisotopic (exact) mass is 305 g/mol. The molecule has 0 saturated carbocycles. The lowest BCUT2D eigenvalue weighted by Crippen LogP contribution is -2.51. The van der Waals surface area contributed by atoms with Crippen LogP contribution in [-0.4, -0.2) is 41.5 Å². The Hall–Kier alpha value is -1.79. The van der Waals surface area contributed by atoms with Crippen LogP contribution in [0.3, 0.4) is 0 Å². The number of aromatic nitrogens is 1. The summed E-state index contributed by atoms with van der Waals surface area (Å²) in [4.78, 5) is 19.0. The van der Waals surface area contributed by atoms with Crippen molar-refractivity contribution < 1.29 is 9.18 Å². The molecule has 0 unspecified atom stereocenters. The Morgan fingerprint density at radius 3 is 3.05 bits per heavy atom. The van der Waals surface area contributed by atoms with Gasteiger partial charge in [0.15, 0.2) is 0 Å². The SMILES string of the molecule is C[C@H]1CN(C(=O)c2cnc(-c3ccccc3F)s2)CCN1. The van der Waals surface area contributed by atoms with Crippen LogP contribution in [0.15, 0.2) is 30.5 Å². The number of amides is 1. The Balaban J connectivity index is 1.82. The smallest absolute Gasteiger partial charge is 0.265 e. The lowest BCUT2D eigenvalue weighted by molar-refractivity contribution is 0.0714. The second-order valence-corrected chi connectivity index (χ2v) is 6.15. The maximum atomic E-state index is 13.8. The van der Waals surface area contributed by atoms with Crippen molar-refractivity contribution in [2.45, 2.75) is 13.0 Å². The molecule has 0 aliphatic carbocycles. The van der Waals surface area contributed by atoms with E-state index in [0.29, 0.717) is 34.6 Å². The predicted molar refractivity (Wildman–Crippen MR) is 80.9 cm³/mol. The molecule has 1 N–H and O–H groups in total. The second kappa shape index (κ2) is 5.91. The topological polar surface area (TPSA) is 45.2 Å². The van der Waals surface area contributed by atoms with Gasteiger partial charge in [0.2, 0.25) is 0 Å². The van der Waals surface area contributed by atoms with Gasteiger partial charge >= 0.3 is 0 Å². The van der Waals surface area contributed by atoms with E-state index < -0.39 is 0 Å². The maximum Gasteiger partial charge on any atom is 0.265 e. The summed E-state index contributed by atoms with van der Waals surface area (Å²) >= 11 is 1.24. The van der Waals surface area contributed by atoms with Gasteiger partial charge in [-0.25, -0.2) is 9.37 Å². The Bertz CT molecular complexity index is 658. The summed E-state index contributed by atoms with van der Waals surface area (Å²) in [5.41, 5.74) is 0.440. The number of piperazine rings is 1. The van der Waals surface area contributed by atoms with Gasteiger partial charge in [-0.05, 0) is 19.1 Å². The molecular formula is C15H16FN3OS. The van der Waals surface area contributed by atoms with Crippen molar-refractivity contribution in [1.29, 1.82) is 0 Å². The summed E-state index contributed by atoms with van der Waals surface area (Å²) in [7, 11) is 0. The first-order valence-corrected chi connectivity index (χ1v) is 7.70. The molecule has 1 saturated heterocycles. The Labute approximate surface area is 126 Å². The van der Waals surface area contributed by atoms with Crippen LogP contribution in [-0.2, 0) is 0 Å². The van der Waals surface area contributed by atoms with Crippen LogP contribution in [0.2, 0.25) is 0 Å². The van der Waals surface area contributed by atoms with Crippen molar-refractivity contribution in [2.24, 2.45) is 0 Å². The number of hydrogen-bond acceptors (Lipinski definition) is 4. The molecule has 4 nitrogen and oxygen atoms in total. The number of rotatable bonds is 2. The average Bonchev–Trinajstić information content (AvgIpc) is 2.96. The van der Waals surface area contributed by atoms with Gasteiger partial charge in [-0.15, -0.1) is 11.3 Å². The Kier molecular flexibility index (Phi) is 3.98. The van der Waals surface area contributed by atoms with E-state index in [9.17, 15) is 9.18 Å². The molecule has 21 heavy (non-hydrogen) atoms. The molecule has 2 heterocycles. The predicted octanol–water partition coefficient (Wildman–Crippen LogP) is 2.38. The zero-order valence-electron chi connectivity index (χ0n) is 11.7. The van der Waals surface area contributed by atoms with Gasteiger partial charge in [0.25, 0.3) is 5.91 Å². The van der Waals surface area contributed by atoms with Gasteiger partial charge < -0.3 is 10.2 Å². The van der Waals surface area contributed by atoms with E-state index in [-0.39, 0.29) is 11.7 Å². The molecule has 0 radical (unpaired) electrons. The summed E-state index contributed by atoms with van der Waals surface area (Å²) in [5.74, 6) is -0.343. The van der Waals surface area contributed by atoms with Crippen molar-refractivity contribution in [3.63, 3.8) is 0 Å². The third-order valence-corrected chi connectivity index (χ3v) is 4.50. The second-order valence-electron chi connectivity index (χ2n) is 5.12. The number of nitrogens with one attached hydrogen (secondary N) is 1.